The third-order valence-electron chi connectivity index (χ3n) is 3.07. The van der Waals surface area contributed by atoms with Crippen LogP contribution in [0.3, 0.4) is 0 Å². The standard InChI is InChI=1S/C10H21NO3S/c1-11(7-8-15(2,13)14)9-5-3-4-6-10(9)12/h9-10,12H,3-8H2,1-2H3/t9-,10-/m0/s1. The molecule has 1 N–H and O–H groups in total. The summed E-state index contributed by atoms with van der Waals surface area (Å²) in [5.41, 5.74) is 0. The van der Waals surface area contributed by atoms with Crippen LogP contribution in [0.15, 0.2) is 0 Å². The molecule has 2 atom stereocenters. The van der Waals surface area contributed by atoms with Crippen LogP contribution in [0.5, 0.6) is 0 Å². The predicted octanol–water partition coefficient (Wildman–Crippen LogP) is 0.266. The largest absolute Gasteiger partial charge is 0.391 e. The van der Waals surface area contributed by atoms with Crippen LogP contribution in [0, 0.1) is 0 Å². The zero-order valence-corrected chi connectivity index (χ0v) is 10.3. The molecule has 0 unspecified atom stereocenters. The van der Waals surface area contributed by atoms with Crippen molar-refractivity contribution in [3.05, 3.63) is 0 Å². The molecule has 90 valence electrons. The Bertz CT molecular complexity index is 289. The summed E-state index contributed by atoms with van der Waals surface area (Å²) in [6.45, 7) is 0.514. The van der Waals surface area contributed by atoms with Crippen LogP contribution < -0.4 is 0 Å². The summed E-state index contributed by atoms with van der Waals surface area (Å²) in [7, 11) is -1.01. The molecule has 0 heterocycles. The molecule has 5 heteroatoms. The minimum absolute atomic E-state index is 0.139. The lowest BCUT2D eigenvalue weighted by Crippen LogP contribution is -2.44. The van der Waals surface area contributed by atoms with Crippen molar-refractivity contribution in [2.45, 2.75) is 37.8 Å². The molecular weight excluding hydrogens is 214 g/mol. The Morgan fingerprint density at radius 1 is 1.33 bits per heavy atom. The summed E-state index contributed by atoms with van der Waals surface area (Å²) in [5.74, 6) is 0.173. The quantitative estimate of drug-likeness (QED) is 0.760. The minimum Gasteiger partial charge on any atom is -0.391 e. The first-order chi connectivity index (χ1) is 6.90. The zero-order valence-electron chi connectivity index (χ0n) is 9.52. The van der Waals surface area contributed by atoms with Gasteiger partial charge in [0.1, 0.15) is 9.84 Å². The van der Waals surface area contributed by atoms with Gasteiger partial charge in [-0.25, -0.2) is 8.42 Å². The Balaban J connectivity index is 2.41. The minimum atomic E-state index is -2.90. The van der Waals surface area contributed by atoms with Crippen LogP contribution in [0.1, 0.15) is 25.7 Å². The molecule has 0 aromatic carbocycles. The lowest BCUT2D eigenvalue weighted by atomic mass is 9.92. The second kappa shape index (κ2) is 5.27. The molecule has 0 aromatic heterocycles. The van der Waals surface area contributed by atoms with Crippen molar-refractivity contribution < 1.29 is 13.5 Å². The van der Waals surface area contributed by atoms with E-state index in [0.717, 1.165) is 25.7 Å². The fourth-order valence-corrected chi connectivity index (χ4v) is 2.70. The molecule has 0 saturated heterocycles. The number of rotatable bonds is 4. The van der Waals surface area contributed by atoms with Crippen LogP contribution in [-0.4, -0.2) is 56.2 Å². The molecule has 1 fully saturated rings. The van der Waals surface area contributed by atoms with Gasteiger partial charge < -0.3 is 5.11 Å². The summed E-state index contributed by atoms with van der Waals surface area (Å²) in [5, 5.41) is 9.78. The molecule has 15 heavy (non-hydrogen) atoms. The molecule has 0 bridgehead atoms. The number of hydrogen-bond acceptors (Lipinski definition) is 4. The van der Waals surface area contributed by atoms with Gasteiger partial charge in [0.25, 0.3) is 0 Å². The fraction of sp³-hybridized carbons (Fsp3) is 1.00. The van der Waals surface area contributed by atoms with Gasteiger partial charge in [-0.2, -0.15) is 0 Å². The third-order valence-corrected chi connectivity index (χ3v) is 4.00. The topological polar surface area (TPSA) is 57.6 Å². The first-order valence-corrected chi connectivity index (χ1v) is 7.52. The molecule has 0 amide bonds. The van der Waals surface area contributed by atoms with Gasteiger partial charge in [-0.15, -0.1) is 0 Å². The van der Waals surface area contributed by atoms with Crippen molar-refractivity contribution in [3.8, 4) is 0 Å². The maximum Gasteiger partial charge on any atom is 0.148 e. The molecule has 0 radical (unpaired) electrons. The van der Waals surface area contributed by atoms with E-state index in [0.29, 0.717) is 6.54 Å². The predicted molar refractivity (Wildman–Crippen MR) is 60.6 cm³/mol. The van der Waals surface area contributed by atoms with Gasteiger partial charge in [-0.1, -0.05) is 12.8 Å². The summed E-state index contributed by atoms with van der Waals surface area (Å²) < 4.78 is 22.0. The van der Waals surface area contributed by atoms with E-state index in [1.165, 1.54) is 6.26 Å². The van der Waals surface area contributed by atoms with Crippen molar-refractivity contribution in [2.24, 2.45) is 0 Å². The fourth-order valence-electron chi connectivity index (χ4n) is 2.08. The molecule has 0 spiro atoms. The molecule has 1 aliphatic rings. The number of likely N-dealkylation sites (N-methyl/N-ethyl adjacent to an activating group) is 1. The maximum absolute atomic E-state index is 11.0. The summed E-state index contributed by atoms with van der Waals surface area (Å²) in [4.78, 5) is 1.98. The van der Waals surface area contributed by atoms with Gasteiger partial charge in [0.05, 0.1) is 11.9 Å². The highest BCUT2D eigenvalue weighted by Gasteiger charge is 2.26. The van der Waals surface area contributed by atoms with Crippen molar-refractivity contribution in [1.82, 2.24) is 4.90 Å². The van der Waals surface area contributed by atoms with Gasteiger partial charge >= 0.3 is 0 Å². The lowest BCUT2D eigenvalue weighted by Gasteiger charge is -2.35. The van der Waals surface area contributed by atoms with Crippen LogP contribution >= 0.6 is 0 Å². The molecule has 1 saturated carbocycles. The second-order valence-electron chi connectivity index (χ2n) is 4.53. The Hall–Kier alpha value is -0.130. The number of aliphatic hydroxyl groups is 1. The highest BCUT2D eigenvalue weighted by Crippen LogP contribution is 2.22. The normalized spacial score (nSPS) is 28.3. The molecule has 1 rings (SSSR count). The van der Waals surface area contributed by atoms with E-state index in [2.05, 4.69) is 0 Å². The van der Waals surface area contributed by atoms with Gasteiger partial charge in [-0.05, 0) is 19.9 Å². The molecule has 4 nitrogen and oxygen atoms in total. The monoisotopic (exact) mass is 235 g/mol. The molecule has 0 aliphatic heterocycles. The van der Waals surface area contributed by atoms with Crippen molar-refractivity contribution in [3.63, 3.8) is 0 Å². The van der Waals surface area contributed by atoms with E-state index in [-0.39, 0.29) is 17.9 Å². The third kappa shape index (κ3) is 4.49. The summed E-state index contributed by atoms with van der Waals surface area (Å²) >= 11 is 0. The smallest absolute Gasteiger partial charge is 0.148 e. The van der Waals surface area contributed by atoms with Crippen molar-refractivity contribution >= 4 is 9.84 Å². The van der Waals surface area contributed by atoms with Crippen molar-refractivity contribution in [1.29, 1.82) is 0 Å². The van der Waals surface area contributed by atoms with E-state index >= 15 is 0 Å². The Morgan fingerprint density at radius 2 is 1.93 bits per heavy atom. The van der Waals surface area contributed by atoms with Crippen LogP contribution in [0.4, 0.5) is 0 Å². The zero-order chi connectivity index (χ0) is 11.5. The van der Waals surface area contributed by atoms with Crippen LogP contribution in [0.25, 0.3) is 0 Å². The maximum atomic E-state index is 11.0. The van der Waals surface area contributed by atoms with Gasteiger partial charge in [0, 0.05) is 18.8 Å². The SMILES string of the molecule is CN(CCS(C)(=O)=O)[C@H]1CCCC[C@@H]1O. The highest BCUT2D eigenvalue weighted by molar-refractivity contribution is 7.90. The Kier molecular flexibility index (Phi) is 4.55. The molecular formula is C10H21NO3S. The number of hydrogen-bond donors (Lipinski definition) is 1. The Morgan fingerprint density at radius 3 is 2.47 bits per heavy atom. The van der Waals surface area contributed by atoms with Crippen molar-refractivity contribution in [2.75, 3.05) is 25.6 Å². The average Bonchev–Trinajstić information content (AvgIpc) is 2.14. The average molecular weight is 235 g/mol. The van der Waals surface area contributed by atoms with Crippen LogP contribution in [-0.2, 0) is 9.84 Å². The van der Waals surface area contributed by atoms with E-state index in [4.69, 9.17) is 0 Å². The first-order valence-electron chi connectivity index (χ1n) is 5.46. The number of sulfone groups is 1. The van der Waals surface area contributed by atoms with Gasteiger partial charge in [0.15, 0.2) is 0 Å². The number of nitrogens with zero attached hydrogens (tertiary/aromatic N) is 1. The lowest BCUT2D eigenvalue weighted by molar-refractivity contribution is 0.0349. The highest BCUT2D eigenvalue weighted by atomic mass is 32.2. The first kappa shape index (κ1) is 12.9. The molecule has 1 aliphatic carbocycles. The van der Waals surface area contributed by atoms with Crippen LogP contribution in [0.2, 0.25) is 0 Å². The summed E-state index contributed by atoms with van der Waals surface area (Å²) in [6.07, 6.45) is 4.99. The Labute approximate surface area is 92.2 Å². The van der Waals surface area contributed by atoms with Gasteiger partial charge in [-0.3, -0.25) is 4.90 Å². The summed E-state index contributed by atoms with van der Waals surface area (Å²) in [6, 6.07) is 0.139. The molecule has 0 aromatic rings. The van der Waals surface area contributed by atoms with Gasteiger partial charge in [0.2, 0.25) is 0 Å². The van der Waals surface area contributed by atoms with E-state index < -0.39 is 9.84 Å². The number of aliphatic hydroxyl groups excluding tert-OH is 1. The second-order valence-corrected chi connectivity index (χ2v) is 6.79. The van der Waals surface area contributed by atoms with E-state index in [9.17, 15) is 13.5 Å². The van der Waals surface area contributed by atoms with E-state index in [1.54, 1.807) is 0 Å². The van der Waals surface area contributed by atoms with E-state index in [1.807, 2.05) is 11.9 Å².